The zero-order chi connectivity index (χ0) is 13.1. The Morgan fingerprint density at radius 1 is 1.61 bits per heavy atom. The fourth-order valence-corrected chi connectivity index (χ4v) is 2.95. The van der Waals surface area contributed by atoms with Crippen molar-refractivity contribution in [1.82, 2.24) is 15.1 Å². The molecule has 3 N–H and O–H groups in total. The summed E-state index contributed by atoms with van der Waals surface area (Å²) in [6.07, 6.45) is 4.99. The SMILES string of the molecule is CCN(C(=O)c1cn[nH]c1C)C1CCCC1CN. The molecule has 1 aliphatic carbocycles. The third-order valence-electron chi connectivity index (χ3n) is 3.98. The molecule has 0 aliphatic heterocycles. The highest BCUT2D eigenvalue weighted by atomic mass is 16.2. The van der Waals surface area contributed by atoms with Crippen LogP contribution in [0.25, 0.3) is 0 Å². The number of H-pyrrole nitrogens is 1. The van der Waals surface area contributed by atoms with E-state index < -0.39 is 0 Å². The average Bonchev–Trinajstić information content (AvgIpc) is 2.98. The number of aryl methyl sites for hydroxylation is 1. The van der Waals surface area contributed by atoms with Crippen LogP contribution in [0.15, 0.2) is 6.20 Å². The van der Waals surface area contributed by atoms with Crippen LogP contribution in [-0.4, -0.2) is 40.1 Å². The van der Waals surface area contributed by atoms with Crippen LogP contribution in [0.1, 0.15) is 42.2 Å². The van der Waals surface area contributed by atoms with Gasteiger partial charge in [0.15, 0.2) is 0 Å². The van der Waals surface area contributed by atoms with Crippen LogP contribution in [0.3, 0.4) is 0 Å². The minimum Gasteiger partial charge on any atom is -0.336 e. The van der Waals surface area contributed by atoms with Gasteiger partial charge in [-0.2, -0.15) is 5.10 Å². The van der Waals surface area contributed by atoms with Gasteiger partial charge in [0, 0.05) is 18.3 Å². The molecule has 18 heavy (non-hydrogen) atoms. The van der Waals surface area contributed by atoms with E-state index >= 15 is 0 Å². The van der Waals surface area contributed by atoms with Gasteiger partial charge >= 0.3 is 0 Å². The summed E-state index contributed by atoms with van der Waals surface area (Å²) < 4.78 is 0. The van der Waals surface area contributed by atoms with E-state index in [1.807, 2.05) is 18.7 Å². The minimum absolute atomic E-state index is 0.0779. The van der Waals surface area contributed by atoms with Crippen LogP contribution in [0.4, 0.5) is 0 Å². The summed E-state index contributed by atoms with van der Waals surface area (Å²) >= 11 is 0. The standard InChI is InChI=1S/C13H22N4O/c1-3-17(12-6-4-5-10(12)7-14)13(18)11-8-15-16-9(11)2/h8,10,12H,3-7,14H2,1-2H3,(H,15,16). The lowest BCUT2D eigenvalue weighted by molar-refractivity contribution is 0.0651. The predicted octanol–water partition coefficient (Wildman–Crippen LogP) is 1.31. The van der Waals surface area contributed by atoms with E-state index in [0.29, 0.717) is 24.1 Å². The molecule has 1 aliphatic rings. The van der Waals surface area contributed by atoms with Crippen LogP contribution in [0, 0.1) is 12.8 Å². The largest absolute Gasteiger partial charge is 0.336 e. The predicted molar refractivity (Wildman–Crippen MR) is 70.2 cm³/mol. The molecule has 2 rings (SSSR count). The maximum absolute atomic E-state index is 12.5. The van der Waals surface area contributed by atoms with Gasteiger partial charge in [0.25, 0.3) is 5.91 Å². The van der Waals surface area contributed by atoms with E-state index in [0.717, 1.165) is 25.1 Å². The molecular formula is C13H22N4O. The number of carbonyl (C=O) groups is 1. The number of rotatable bonds is 4. The molecule has 0 bridgehead atoms. The lowest BCUT2D eigenvalue weighted by atomic mass is 10.0. The van der Waals surface area contributed by atoms with E-state index in [1.165, 1.54) is 6.42 Å². The molecule has 2 unspecified atom stereocenters. The third kappa shape index (κ3) is 2.27. The van der Waals surface area contributed by atoms with Crippen molar-refractivity contribution in [2.75, 3.05) is 13.1 Å². The molecule has 1 heterocycles. The van der Waals surface area contributed by atoms with Crippen molar-refractivity contribution in [2.24, 2.45) is 11.7 Å². The summed E-state index contributed by atoms with van der Waals surface area (Å²) in [5.74, 6) is 0.523. The zero-order valence-corrected chi connectivity index (χ0v) is 11.1. The Morgan fingerprint density at radius 3 is 2.94 bits per heavy atom. The molecule has 0 radical (unpaired) electrons. The van der Waals surface area contributed by atoms with Crippen molar-refractivity contribution in [2.45, 2.75) is 39.2 Å². The molecule has 0 spiro atoms. The van der Waals surface area contributed by atoms with Gasteiger partial charge in [0.05, 0.1) is 11.8 Å². The normalized spacial score (nSPS) is 23.3. The Kier molecular flexibility index (Phi) is 4.01. The van der Waals surface area contributed by atoms with Crippen molar-refractivity contribution in [3.05, 3.63) is 17.5 Å². The highest BCUT2D eigenvalue weighted by Crippen LogP contribution is 2.30. The second-order valence-electron chi connectivity index (χ2n) is 4.99. The van der Waals surface area contributed by atoms with Gasteiger partial charge < -0.3 is 10.6 Å². The smallest absolute Gasteiger partial charge is 0.257 e. The molecule has 0 saturated heterocycles. The number of hydrogen-bond donors (Lipinski definition) is 2. The highest BCUT2D eigenvalue weighted by Gasteiger charge is 2.34. The summed E-state index contributed by atoms with van der Waals surface area (Å²) in [6, 6.07) is 0.293. The molecular weight excluding hydrogens is 228 g/mol. The molecule has 1 aromatic heterocycles. The summed E-state index contributed by atoms with van der Waals surface area (Å²) in [4.78, 5) is 14.5. The first-order chi connectivity index (χ1) is 8.69. The van der Waals surface area contributed by atoms with Crippen LogP contribution in [-0.2, 0) is 0 Å². The topological polar surface area (TPSA) is 75.0 Å². The molecule has 100 valence electrons. The van der Waals surface area contributed by atoms with Crippen LogP contribution < -0.4 is 5.73 Å². The molecule has 1 fully saturated rings. The Labute approximate surface area is 108 Å². The maximum atomic E-state index is 12.5. The van der Waals surface area contributed by atoms with Crippen LogP contribution >= 0.6 is 0 Å². The van der Waals surface area contributed by atoms with Crippen molar-refractivity contribution in [3.63, 3.8) is 0 Å². The first-order valence-electron chi connectivity index (χ1n) is 6.70. The van der Waals surface area contributed by atoms with Gasteiger partial charge in [0.2, 0.25) is 0 Å². The van der Waals surface area contributed by atoms with Crippen molar-refractivity contribution >= 4 is 5.91 Å². The molecule has 1 saturated carbocycles. The molecule has 5 heteroatoms. The number of nitrogens with two attached hydrogens (primary N) is 1. The second kappa shape index (κ2) is 5.52. The monoisotopic (exact) mass is 250 g/mol. The summed E-state index contributed by atoms with van der Waals surface area (Å²) in [5.41, 5.74) is 7.32. The van der Waals surface area contributed by atoms with Gasteiger partial charge in [-0.05, 0) is 39.2 Å². The summed E-state index contributed by atoms with van der Waals surface area (Å²) in [6.45, 7) is 5.30. The summed E-state index contributed by atoms with van der Waals surface area (Å²) in [5, 5.41) is 6.75. The lowest BCUT2D eigenvalue weighted by Gasteiger charge is -2.31. The fraction of sp³-hybridized carbons (Fsp3) is 0.692. The molecule has 2 atom stereocenters. The average molecular weight is 250 g/mol. The van der Waals surface area contributed by atoms with E-state index in [1.54, 1.807) is 6.20 Å². The first-order valence-corrected chi connectivity index (χ1v) is 6.70. The van der Waals surface area contributed by atoms with E-state index in [2.05, 4.69) is 10.2 Å². The Balaban J connectivity index is 2.18. The number of aromatic nitrogens is 2. The molecule has 1 amide bonds. The second-order valence-corrected chi connectivity index (χ2v) is 4.99. The molecule has 5 nitrogen and oxygen atoms in total. The minimum atomic E-state index is 0.0779. The van der Waals surface area contributed by atoms with Crippen LogP contribution in [0.2, 0.25) is 0 Å². The van der Waals surface area contributed by atoms with E-state index in [9.17, 15) is 4.79 Å². The first kappa shape index (κ1) is 13.1. The zero-order valence-electron chi connectivity index (χ0n) is 11.1. The molecule has 1 aromatic rings. The number of aromatic amines is 1. The lowest BCUT2D eigenvalue weighted by Crippen LogP contribution is -2.44. The van der Waals surface area contributed by atoms with E-state index in [-0.39, 0.29) is 5.91 Å². The fourth-order valence-electron chi connectivity index (χ4n) is 2.95. The van der Waals surface area contributed by atoms with Crippen molar-refractivity contribution < 1.29 is 4.79 Å². The number of carbonyl (C=O) groups excluding carboxylic acids is 1. The molecule has 0 aromatic carbocycles. The van der Waals surface area contributed by atoms with E-state index in [4.69, 9.17) is 5.73 Å². The number of nitrogens with zero attached hydrogens (tertiary/aromatic N) is 2. The van der Waals surface area contributed by atoms with Gasteiger partial charge in [-0.25, -0.2) is 0 Å². The number of hydrogen-bond acceptors (Lipinski definition) is 3. The van der Waals surface area contributed by atoms with Gasteiger partial charge in [0.1, 0.15) is 0 Å². The van der Waals surface area contributed by atoms with Crippen molar-refractivity contribution in [3.8, 4) is 0 Å². The van der Waals surface area contributed by atoms with Gasteiger partial charge in [-0.15, -0.1) is 0 Å². The van der Waals surface area contributed by atoms with Gasteiger partial charge in [-0.3, -0.25) is 9.89 Å². The third-order valence-corrected chi connectivity index (χ3v) is 3.98. The summed E-state index contributed by atoms with van der Waals surface area (Å²) in [7, 11) is 0. The van der Waals surface area contributed by atoms with Crippen LogP contribution in [0.5, 0.6) is 0 Å². The number of amides is 1. The Morgan fingerprint density at radius 2 is 2.39 bits per heavy atom. The Hall–Kier alpha value is -1.36. The maximum Gasteiger partial charge on any atom is 0.257 e. The van der Waals surface area contributed by atoms with Crippen molar-refractivity contribution in [1.29, 1.82) is 0 Å². The Bertz CT molecular complexity index is 415. The quantitative estimate of drug-likeness (QED) is 0.846. The number of nitrogens with one attached hydrogen (secondary N) is 1. The van der Waals surface area contributed by atoms with Gasteiger partial charge in [-0.1, -0.05) is 6.42 Å². The highest BCUT2D eigenvalue weighted by molar-refractivity contribution is 5.95.